The fourth-order valence-corrected chi connectivity index (χ4v) is 0.668. The van der Waals surface area contributed by atoms with Crippen molar-refractivity contribution in [3.05, 3.63) is 6.33 Å². The monoisotopic (exact) mass is 183 g/mol. The van der Waals surface area contributed by atoms with Crippen LogP contribution in [0, 0.1) is 0 Å². The van der Waals surface area contributed by atoms with Crippen molar-refractivity contribution in [3.8, 4) is 0 Å². The number of likely N-dealkylation sites (N-methyl/N-ethyl adjacent to an activating group) is 1. The first-order valence-electron chi connectivity index (χ1n) is 3.52. The molecule has 0 saturated carbocycles. The molecular formula is C6H9N5O2. The second kappa shape index (κ2) is 3.65. The molecule has 2 N–H and O–H groups in total. The lowest BCUT2D eigenvalue weighted by molar-refractivity contribution is -0.135. The maximum absolute atomic E-state index is 10.9. The van der Waals surface area contributed by atoms with Gasteiger partial charge < -0.3 is 5.32 Å². The van der Waals surface area contributed by atoms with Crippen LogP contribution in [0.15, 0.2) is 6.33 Å². The molecule has 0 aliphatic carbocycles. The topological polar surface area (TPSA) is 88.9 Å². The average molecular weight is 183 g/mol. The van der Waals surface area contributed by atoms with Gasteiger partial charge in [0.25, 0.3) is 0 Å². The molecule has 1 aromatic heterocycles. The van der Waals surface area contributed by atoms with E-state index in [1.165, 1.54) is 18.1 Å². The Bertz CT molecular complexity index is 332. The number of hydrogen-bond donors (Lipinski definition) is 2. The van der Waals surface area contributed by atoms with Crippen molar-refractivity contribution in [2.24, 2.45) is 7.05 Å². The molecular weight excluding hydrogens is 174 g/mol. The normalized spacial score (nSPS) is 9.38. The molecule has 0 saturated heterocycles. The van der Waals surface area contributed by atoms with Crippen molar-refractivity contribution in [3.63, 3.8) is 0 Å². The Kier molecular flexibility index (Phi) is 2.58. The molecule has 1 heterocycles. The molecule has 0 aliphatic rings. The van der Waals surface area contributed by atoms with Crippen LogP contribution in [0.1, 0.15) is 0 Å². The Hall–Kier alpha value is -1.92. The van der Waals surface area contributed by atoms with E-state index in [4.69, 9.17) is 0 Å². The summed E-state index contributed by atoms with van der Waals surface area (Å²) in [5, 5.41) is 8.16. The van der Waals surface area contributed by atoms with Crippen molar-refractivity contribution >= 4 is 17.8 Å². The van der Waals surface area contributed by atoms with E-state index in [1.54, 1.807) is 7.05 Å². The molecule has 7 heteroatoms. The van der Waals surface area contributed by atoms with Crippen molar-refractivity contribution in [1.29, 1.82) is 0 Å². The van der Waals surface area contributed by atoms with Crippen LogP contribution >= 0.6 is 0 Å². The number of carbonyl (C=O) groups excluding carboxylic acids is 2. The Morgan fingerprint density at radius 1 is 1.46 bits per heavy atom. The summed E-state index contributed by atoms with van der Waals surface area (Å²) in [4.78, 5) is 25.4. The van der Waals surface area contributed by atoms with Crippen molar-refractivity contribution < 1.29 is 9.59 Å². The number of aryl methyl sites for hydroxylation is 1. The lowest BCUT2D eigenvalue weighted by atomic mass is 10.5. The third-order valence-electron chi connectivity index (χ3n) is 1.26. The van der Waals surface area contributed by atoms with Crippen LogP contribution in [0.2, 0.25) is 0 Å². The molecule has 0 aliphatic heterocycles. The van der Waals surface area contributed by atoms with Gasteiger partial charge in [-0.2, -0.15) is 0 Å². The van der Waals surface area contributed by atoms with Crippen LogP contribution in [-0.2, 0) is 16.6 Å². The Morgan fingerprint density at radius 2 is 2.15 bits per heavy atom. The second-order valence-electron chi connectivity index (χ2n) is 2.28. The number of rotatable bonds is 1. The minimum Gasteiger partial charge on any atom is -0.351 e. The highest BCUT2D eigenvalue weighted by Gasteiger charge is 2.12. The lowest BCUT2D eigenvalue weighted by Crippen LogP contribution is -2.33. The molecule has 0 radical (unpaired) electrons. The fraction of sp³-hybridized carbons (Fsp3) is 0.333. The van der Waals surface area contributed by atoms with Gasteiger partial charge in [-0.15, -0.1) is 5.10 Å². The van der Waals surface area contributed by atoms with E-state index in [0.29, 0.717) is 0 Å². The standard InChI is InChI=1S/C6H9N5O2/c1-7-4(12)5(13)9-6-8-3-11(2)10-6/h3H,1-2H3,(H,7,12)(H,9,10,13). The van der Waals surface area contributed by atoms with E-state index in [9.17, 15) is 9.59 Å². The van der Waals surface area contributed by atoms with Crippen LogP contribution in [-0.4, -0.2) is 33.6 Å². The van der Waals surface area contributed by atoms with Crippen molar-refractivity contribution in [2.45, 2.75) is 0 Å². The Labute approximate surface area is 74.1 Å². The Balaban J connectivity index is 2.60. The summed E-state index contributed by atoms with van der Waals surface area (Å²) in [5.41, 5.74) is 0. The summed E-state index contributed by atoms with van der Waals surface area (Å²) in [6, 6.07) is 0. The van der Waals surface area contributed by atoms with E-state index in [0.717, 1.165) is 0 Å². The van der Waals surface area contributed by atoms with Gasteiger partial charge in [-0.05, 0) is 0 Å². The SMILES string of the molecule is CNC(=O)C(=O)Nc1ncn(C)n1. The maximum Gasteiger partial charge on any atom is 0.316 e. The van der Waals surface area contributed by atoms with Crippen LogP contribution in [0.25, 0.3) is 0 Å². The number of carbonyl (C=O) groups is 2. The molecule has 13 heavy (non-hydrogen) atoms. The van der Waals surface area contributed by atoms with E-state index in [-0.39, 0.29) is 5.95 Å². The number of anilines is 1. The van der Waals surface area contributed by atoms with E-state index in [2.05, 4.69) is 20.7 Å². The molecule has 1 rings (SSSR count). The third kappa shape index (κ3) is 2.26. The highest BCUT2D eigenvalue weighted by atomic mass is 16.2. The van der Waals surface area contributed by atoms with Crippen LogP contribution in [0.4, 0.5) is 5.95 Å². The summed E-state index contributed by atoms with van der Waals surface area (Å²) < 4.78 is 1.42. The van der Waals surface area contributed by atoms with Gasteiger partial charge in [-0.25, -0.2) is 4.98 Å². The smallest absolute Gasteiger partial charge is 0.316 e. The molecule has 70 valence electrons. The zero-order valence-corrected chi connectivity index (χ0v) is 7.24. The maximum atomic E-state index is 10.9. The van der Waals surface area contributed by atoms with Crippen molar-refractivity contribution in [2.75, 3.05) is 12.4 Å². The lowest BCUT2D eigenvalue weighted by Gasteiger charge is -1.97. The van der Waals surface area contributed by atoms with Gasteiger partial charge in [0.1, 0.15) is 6.33 Å². The van der Waals surface area contributed by atoms with Gasteiger partial charge in [0, 0.05) is 14.1 Å². The first kappa shape index (κ1) is 9.17. The molecule has 0 bridgehead atoms. The molecule has 0 fully saturated rings. The van der Waals surface area contributed by atoms with E-state index >= 15 is 0 Å². The van der Waals surface area contributed by atoms with Gasteiger partial charge in [0.2, 0.25) is 5.95 Å². The Morgan fingerprint density at radius 3 is 2.62 bits per heavy atom. The van der Waals surface area contributed by atoms with Crippen molar-refractivity contribution in [1.82, 2.24) is 20.1 Å². The minimum absolute atomic E-state index is 0.108. The van der Waals surface area contributed by atoms with Gasteiger partial charge in [0.15, 0.2) is 0 Å². The van der Waals surface area contributed by atoms with Gasteiger partial charge in [-0.1, -0.05) is 0 Å². The highest BCUT2D eigenvalue weighted by Crippen LogP contribution is 1.93. The molecule has 7 nitrogen and oxygen atoms in total. The molecule has 0 spiro atoms. The summed E-state index contributed by atoms with van der Waals surface area (Å²) in [6.45, 7) is 0. The van der Waals surface area contributed by atoms with E-state index < -0.39 is 11.8 Å². The number of hydrogen-bond acceptors (Lipinski definition) is 4. The van der Waals surface area contributed by atoms with Crippen LogP contribution in [0.5, 0.6) is 0 Å². The van der Waals surface area contributed by atoms with Gasteiger partial charge in [0.05, 0.1) is 0 Å². The summed E-state index contributed by atoms with van der Waals surface area (Å²) >= 11 is 0. The number of nitrogens with zero attached hydrogens (tertiary/aromatic N) is 3. The first-order chi connectivity index (χ1) is 6.13. The largest absolute Gasteiger partial charge is 0.351 e. The summed E-state index contributed by atoms with van der Waals surface area (Å²) in [6.07, 6.45) is 1.42. The molecule has 0 atom stereocenters. The van der Waals surface area contributed by atoms with Gasteiger partial charge >= 0.3 is 11.8 Å². The molecule has 0 unspecified atom stereocenters. The summed E-state index contributed by atoms with van der Waals surface area (Å²) in [7, 11) is 3.02. The van der Waals surface area contributed by atoms with Gasteiger partial charge in [-0.3, -0.25) is 19.6 Å². The first-order valence-corrected chi connectivity index (χ1v) is 3.52. The minimum atomic E-state index is -0.784. The molecule has 0 aromatic carbocycles. The quantitative estimate of drug-likeness (QED) is 0.518. The number of nitrogens with one attached hydrogen (secondary N) is 2. The van der Waals surface area contributed by atoms with E-state index in [1.807, 2.05) is 0 Å². The second-order valence-corrected chi connectivity index (χ2v) is 2.28. The fourth-order valence-electron chi connectivity index (χ4n) is 0.668. The zero-order chi connectivity index (χ0) is 9.84. The molecule has 1 aromatic rings. The average Bonchev–Trinajstić information content (AvgIpc) is 2.49. The third-order valence-corrected chi connectivity index (χ3v) is 1.26. The zero-order valence-electron chi connectivity index (χ0n) is 7.24. The summed E-state index contributed by atoms with van der Waals surface area (Å²) in [5.74, 6) is -1.41. The predicted octanol–water partition coefficient (Wildman–Crippen LogP) is -1.50. The van der Waals surface area contributed by atoms with Crippen LogP contribution in [0.3, 0.4) is 0 Å². The molecule has 2 amide bonds. The highest BCUT2D eigenvalue weighted by molar-refractivity contribution is 6.39. The predicted molar refractivity (Wildman–Crippen MR) is 43.7 cm³/mol. The number of aromatic nitrogens is 3. The number of amides is 2. The van der Waals surface area contributed by atoms with Crippen LogP contribution < -0.4 is 10.6 Å².